The van der Waals surface area contributed by atoms with E-state index in [-0.39, 0.29) is 12.4 Å². The molecule has 0 bridgehead atoms. The maximum absolute atomic E-state index is 5.52. The predicted molar refractivity (Wildman–Crippen MR) is 40.6 cm³/mol. The van der Waals surface area contributed by atoms with Gasteiger partial charge < -0.3 is 5.73 Å². The summed E-state index contributed by atoms with van der Waals surface area (Å²) in [5.74, 6) is 3.09. The summed E-state index contributed by atoms with van der Waals surface area (Å²) < 4.78 is 0. The maximum atomic E-state index is 5.52. The van der Waals surface area contributed by atoms with Crippen molar-refractivity contribution in [1.82, 2.24) is 0 Å². The van der Waals surface area contributed by atoms with Crippen LogP contribution in [-0.2, 0) is 0 Å². The third-order valence-corrected chi connectivity index (χ3v) is 2.86. The van der Waals surface area contributed by atoms with Gasteiger partial charge in [0.1, 0.15) is 0 Å². The van der Waals surface area contributed by atoms with Crippen molar-refractivity contribution in [2.24, 2.45) is 23.5 Å². The van der Waals surface area contributed by atoms with Gasteiger partial charge in [0.15, 0.2) is 0 Å². The molecule has 2 atom stereocenters. The standard InChI is InChI=1S/C7H13N.ClH/c8-4-7-5-2-1-3-6(5)7;/h5-7H,1-4,8H2;1H. The van der Waals surface area contributed by atoms with E-state index in [4.69, 9.17) is 5.73 Å². The zero-order valence-corrected chi connectivity index (χ0v) is 6.36. The molecule has 2 saturated carbocycles. The fraction of sp³-hybridized carbons (Fsp3) is 1.00. The smallest absolute Gasteiger partial charge is 0.00434 e. The molecule has 0 heterocycles. The molecule has 0 aromatic rings. The van der Waals surface area contributed by atoms with Crippen LogP contribution in [0.5, 0.6) is 0 Å². The van der Waals surface area contributed by atoms with Gasteiger partial charge in [0, 0.05) is 0 Å². The normalized spacial score (nSPS) is 45.7. The maximum Gasteiger partial charge on any atom is -0.00434 e. The van der Waals surface area contributed by atoms with Crippen LogP contribution in [0.3, 0.4) is 0 Å². The highest BCUT2D eigenvalue weighted by Crippen LogP contribution is 2.56. The summed E-state index contributed by atoms with van der Waals surface area (Å²) in [5.41, 5.74) is 5.52. The van der Waals surface area contributed by atoms with Crippen LogP contribution in [0.15, 0.2) is 0 Å². The first-order valence-corrected chi connectivity index (χ1v) is 3.63. The lowest BCUT2D eigenvalue weighted by Gasteiger charge is -1.94. The molecule has 0 amide bonds. The summed E-state index contributed by atoms with van der Waals surface area (Å²) in [6.45, 7) is 0.954. The van der Waals surface area contributed by atoms with Crippen LogP contribution in [0.1, 0.15) is 19.3 Å². The van der Waals surface area contributed by atoms with Crippen molar-refractivity contribution in [3.63, 3.8) is 0 Å². The van der Waals surface area contributed by atoms with Crippen LogP contribution in [0.25, 0.3) is 0 Å². The van der Waals surface area contributed by atoms with Crippen molar-refractivity contribution in [3.05, 3.63) is 0 Å². The number of halogens is 1. The second-order valence-corrected chi connectivity index (χ2v) is 3.16. The molecule has 0 aromatic carbocycles. The Kier molecular flexibility index (Phi) is 2.02. The largest absolute Gasteiger partial charge is 0.330 e. The summed E-state index contributed by atoms with van der Waals surface area (Å²) in [6, 6.07) is 0. The van der Waals surface area contributed by atoms with E-state index in [0.29, 0.717) is 0 Å². The molecule has 2 rings (SSSR count). The summed E-state index contributed by atoms with van der Waals surface area (Å²) in [6.07, 6.45) is 4.44. The Hall–Kier alpha value is 0.250. The first kappa shape index (κ1) is 7.36. The average Bonchev–Trinajstić information content (AvgIpc) is 2.22. The van der Waals surface area contributed by atoms with Gasteiger partial charge in [0.05, 0.1) is 0 Å². The Morgan fingerprint density at radius 3 is 2.11 bits per heavy atom. The Morgan fingerprint density at radius 1 is 1.22 bits per heavy atom. The van der Waals surface area contributed by atoms with Crippen LogP contribution in [0.4, 0.5) is 0 Å². The molecule has 1 nitrogen and oxygen atoms in total. The molecule has 0 radical (unpaired) electrons. The highest BCUT2D eigenvalue weighted by molar-refractivity contribution is 5.85. The number of nitrogens with two attached hydrogens (primary N) is 1. The highest BCUT2D eigenvalue weighted by Gasteiger charge is 2.51. The minimum Gasteiger partial charge on any atom is -0.330 e. The minimum atomic E-state index is 0. The van der Waals surface area contributed by atoms with Crippen molar-refractivity contribution in [3.8, 4) is 0 Å². The van der Waals surface area contributed by atoms with E-state index in [9.17, 15) is 0 Å². The van der Waals surface area contributed by atoms with E-state index in [1.807, 2.05) is 0 Å². The van der Waals surface area contributed by atoms with Crippen molar-refractivity contribution in [1.29, 1.82) is 0 Å². The van der Waals surface area contributed by atoms with Gasteiger partial charge >= 0.3 is 0 Å². The molecule has 2 aliphatic rings. The molecule has 2 N–H and O–H groups in total. The Morgan fingerprint density at radius 2 is 1.78 bits per heavy atom. The fourth-order valence-electron chi connectivity index (χ4n) is 2.32. The van der Waals surface area contributed by atoms with Crippen LogP contribution in [-0.4, -0.2) is 6.54 Å². The summed E-state index contributed by atoms with van der Waals surface area (Å²) in [4.78, 5) is 0. The van der Waals surface area contributed by atoms with Crippen LogP contribution in [0, 0.1) is 17.8 Å². The lowest BCUT2D eigenvalue weighted by molar-refractivity contribution is 0.596. The molecular weight excluding hydrogens is 134 g/mol. The van der Waals surface area contributed by atoms with E-state index >= 15 is 0 Å². The van der Waals surface area contributed by atoms with Crippen LogP contribution in [0.2, 0.25) is 0 Å². The Bertz CT molecular complexity index is 88.3. The predicted octanol–water partition coefficient (Wildman–Crippen LogP) is 1.41. The number of rotatable bonds is 1. The van der Waals surface area contributed by atoms with Gasteiger partial charge in [-0.1, -0.05) is 6.42 Å². The number of fused-ring (bicyclic) bond motifs is 1. The Balaban J connectivity index is 0.000000405. The first-order chi connectivity index (χ1) is 3.93. The Labute approximate surface area is 62.4 Å². The van der Waals surface area contributed by atoms with E-state index in [1.165, 1.54) is 19.3 Å². The number of hydrogen-bond acceptors (Lipinski definition) is 1. The first-order valence-electron chi connectivity index (χ1n) is 3.63. The summed E-state index contributed by atoms with van der Waals surface area (Å²) in [5, 5.41) is 0. The SMILES string of the molecule is Cl.NCC1C2CCCC12. The number of hydrogen-bond donors (Lipinski definition) is 1. The van der Waals surface area contributed by atoms with Crippen molar-refractivity contribution in [2.75, 3.05) is 6.54 Å². The topological polar surface area (TPSA) is 26.0 Å². The zero-order valence-electron chi connectivity index (χ0n) is 5.55. The van der Waals surface area contributed by atoms with Gasteiger partial charge in [-0.15, -0.1) is 12.4 Å². The van der Waals surface area contributed by atoms with Crippen molar-refractivity contribution in [2.45, 2.75) is 19.3 Å². The average molecular weight is 148 g/mol. The molecular formula is C7H14ClN. The monoisotopic (exact) mass is 147 g/mol. The highest BCUT2D eigenvalue weighted by atomic mass is 35.5. The molecule has 2 unspecified atom stereocenters. The van der Waals surface area contributed by atoms with Crippen LogP contribution < -0.4 is 5.73 Å². The lowest BCUT2D eigenvalue weighted by Crippen LogP contribution is -2.04. The molecule has 0 spiro atoms. The van der Waals surface area contributed by atoms with Gasteiger partial charge in [0.2, 0.25) is 0 Å². The zero-order chi connectivity index (χ0) is 5.56. The quantitative estimate of drug-likeness (QED) is 0.597. The van der Waals surface area contributed by atoms with Gasteiger partial charge in [-0.2, -0.15) is 0 Å². The third-order valence-electron chi connectivity index (χ3n) is 2.86. The molecule has 54 valence electrons. The fourth-order valence-corrected chi connectivity index (χ4v) is 2.32. The van der Waals surface area contributed by atoms with E-state index < -0.39 is 0 Å². The van der Waals surface area contributed by atoms with E-state index in [0.717, 1.165) is 24.3 Å². The molecule has 9 heavy (non-hydrogen) atoms. The van der Waals surface area contributed by atoms with E-state index in [2.05, 4.69) is 0 Å². The third kappa shape index (κ3) is 0.968. The van der Waals surface area contributed by atoms with Crippen molar-refractivity contribution >= 4 is 12.4 Å². The minimum absolute atomic E-state index is 0. The van der Waals surface area contributed by atoms with E-state index in [1.54, 1.807) is 0 Å². The van der Waals surface area contributed by atoms with Gasteiger partial charge in [-0.05, 0) is 37.1 Å². The molecule has 0 aliphatic heterocycles. The van der Waals surface area contributed by atoms with Gasteiger partial charge in [-0.3, -0.25) is 0 Å². The van der Waals surface area contributed by atoms with Gasteiger partial charge in [-0.25, -0.2) is 0 Å². The second-order valence-electron chi connectivity index (χ2n) is 3.16. The molecule has 2 fully saturated rings. The summed E-state index contributed by atoms with van der Waals surface area (Å²) >= 11 is 0. The molecule has 0 saturated heterocycles. The van der Waals surface area contributed by atoms with Crippen molar-refractivity contribution < 1.29 is 0 Å². The second kappa shape index (κ2) is 2.47. The van der Waals surface area contributed by atoms with Gasteiger partial charge in [0.25, 0.3) is 0 Å². The molecule has 2 heteroatoms. The lowest BCUT2D eigenvalue weighted by atomic mass is 10.1. The molecule has 2 aliphatic carbocycles. The molecule has 0 aromatic heterocycles. The summed E-state index contributed by atoms with van der Waals surface area (Å²) in [7, 11) is 0. The van der Waals surface area contributed by atoms with Crippen LogP contribution >= 0.6 is 12.4 Å².